The maximum atomic E-state index is 6.26. The Balaban J connectivity index is 2.13. The Morgan fingerprint density at radius 3 is 2.81 bits per heavy atom. The molecule has 0 atom stereocenters. The molecule has 0 fully saturated rings. The van der Waals surface area contributed by atoms with Crippen molar-refractivity contribution in [2.75, 3.05) is 11.9 Å². The number of hydrogen-bond donors (Lipinski definition) is 1. The van der Waals surface area contributed by atoms with E-state index in [1.54, 1.807) is 10.7 Å². The third kappa shape index (κ3) is 2.66. The van der Waals surface area contributed by atoms with E-state index in [0.29, 0.717) is 21.7 Å². The number of anilines is 1. The van der Waals surface area contributed by atoms with Gasteiger partial charge in [0.15, 0.2) is 5.82 Å². The standard InChI is InChI=1S/C14H13Cl2N5/c1-2-7-17-13-9(15)8-10(16)14(18-13)21-12-6-4-3-5-11(12)19-20-21/h3-6,8H,2,7H2,1H3,(H,17,18). The van der Waals surface area contributed by atoms with Gasteiger partial charge in [-0.2, -0.15) is 4.68 Å². The largest absolute Gasteiger partial charge is 0.369 e. The van der Waals surface area contributed by atoms with E-state index in [2.05, 4.69) is 27.5 Å². The first-order chi connectivity index (χ1) is 10.2. The zero-order valence-corrected chi connectivity index (χ0v) is 12.9. The fourth-order valence-corrected chi connectivity index (χ4v) is 2.50. The first kappa shape index (κ1) is 14.1. The van der Waals surface area contributed by atoms with E-state index in [1.807, 2.05) is 24.3 Å². The van der Waals surface area contributed by atoms with Crippen LogP contribution in [0.5, 0.6) is 0 Å². The summed E-state index contributed by atoms with van der Waals surface area (Å²) < 4.78 is 1.62. The second-order valence-corrected chi connectivity index (χ2v) is 5.36. The summed E-state index contributed by atoms with van der Waals surface area (Å²) in [5.41, 5.74) is 1.63. The van der Waals surface area contributed by atoms with Crippen LogP contribution in [-0.4, -0.2) is 26.5 Å². The van der Waals surface area contributed by atoms with Gasteiger partial charge >= 0.3 is 0 Å². The van der Waals surface area contributed by atoms with Crippen LogP contribution in [0.2, 0.25) is 10.0 Å². The van der Waals surface area contributed by atoms with Crippen LogP contribution in [0.4, 0.5) is 5.82 Å². The Morgan fingerprint density at radius 2 is 2.00 bits per heavy atom. The Hall–Kier alpha value is -1.85. The number of fused-ring (bicyclic) bond motifs is 1. The smallest absolute Gasteiger partial charge is 0.176 e. The molecule has 0 aliphatic carbocycles. The molecule has 0 bridgehead atoms. The average Bonchev–Trinajstić information content (AvgIpc) is 2.90. The predicted molar refractivity (Wildman–Crippen MR) is 85.5 cm³/mol. The van der Waals surface area contributed by atoms with Gasteiger partial charge in [-0.25, -0.2) is 4.98 Å². The number of benzene rings is 1. The first-order valence-electron chi connectivity index (χ1n) is 6.61. The molecular weight excluding hydrogens is 309 g/mol. The van der Waals surface area contributed by atoms with Gasteiger partial charge in [0, 0.05) is 6.54 Å². The van der Waals surface area contributed by atoms with Crippen molar-refractivity contribution in [1.29, 1.82) is 0 Å². The number of pyridine rings is 1. The van der Waals surface area contributed by atoms with Crippen LogP contribution in [-0.2, 0) is 0 Å². The van der Waals surface area contributed by atoms with Crippen LogP contribution >= 0.6 is 23.2 Å². The van der Waals surface area contributed by atoms with E-state index in [4.69, 9.17) is 23.2 Å². The summed E-state index contributed by atoms with van der Waals surface area (Å²) in [7, 11) is 0. The van der Waals surface area contributed by atoms with Crippen molar-refractivity contribution in [1.82, 2.24) is 20.0 Å². The van der Waals surface area contributed by atoms with E-state index in [0.717, 1.165) is 24.0 Å². The molecule has 1 N–H and O–H groups in total. The van der Waals surface area contributed by atoms with Crippen molar-refractivity contribution in [2.45, 2.75) is 13.3 Å². The third-order valence-electron chi connectivity index (χ3n) is 3.01. The lowest BCUT2D eigenvalue weighted by molar-refractivity contribution is 0.801. The van der Waals surface area contributed by atoms with Gasteiger partial charge in [-0.3, -0.25) is 0 Å². The molecule has 108 valence electrons. The van der Waals surface area contributed by atoms with Gasteiger partial charge in [0.1, 0.15) is 11.3 Å². The molecule has 21 heavy (non-hydrogen) atoms. The number of hydrogen-bond acceptors (Lipinski definition) is 4. The predicted octanol–water partition coefficient (Wildman–Crippen LogP) is 3.94. The lowest BCUT2D eigenvalue weighted by atomic mass is 10.3. The van der Waals surface area contributed by atoms with Gasteiger partial charge in [-0.15, -0.1) is 5.10 Å². The summed E-state index contributed by atoms with van der Waals surface area (Å²) in [5, 5.41) is 12.3. The molecule has 3 aromatic rings. The SMILES string of the molecule is CCCNc1nc(-n2nnc3ccccc32)c(Cl)cc1Cl. The van der Waals surface area contributed by atoms with Crippen molar-refractivity contribution in [3.8, 4) is 5.82 Å². The maximum Gasteiger partial charge on any atom is 0.176 e. The minimum Gasteiger partial charge on any atom is -0.369 e. The van der Waals surface area contributed by atoms with Gasteiger partial charge in [-0.1, -0.05) is 47.5 Å². The molecule has 0 aliphatic rings. The number of halogens is 2. The van der Waals surface area contributed by atoms with Gasteiger partial charge in [0.25, 0.3) is 0 Å². The molecule has 2 aromatic heterocycles. The second kappa shape index (κ2) is 5.87. The quantitative estimate of drug-likeness (QED) is 0.790. The van der Waals surface area contributed by atoms with Crippen LogP contribution < -0.4 is 5.32 Å². The number of nitrogens with one attached hydrogen (secondary N) is 1. The average molecular weight is 322 g/mol. The highest BCUT2D eigenvalue weighted by atomic mass is 35.5. The minimum atomic E-state index is 0.428. The summed E-state index contributed by atoms with van der Waals surface area (Å²) in [5.74, 6) is 1.10. The monoisotopic (exact) mass is 321 g/mol. The molecule has 3 rings (SSSR count). The fourth-order valence-electron chi connectivity index (χ4n) is 2.00. The Kier molecular flexibility index (Phi) is 3.94. The molecular formula is C14H13Cl2N5. The molecule has 2 heterocycles. The van der Waals surface area contributed by atoms with Gasteiger partial charge in [0.2, 0.25) is 0 Å². The topological polar surface area (TPSA) is 55.6 Å². The molecule has 0 amide bonds. The maximum absolute atomic E-state index is 6.26. The first-order valence-corrected chi connectivity index (χ1v) is 7.37. The summed E-state index contributed by atoms with van der Waals surface area (Å²) in [4.78, 5) is 4.49. The van der Waals surface area contributed by atoms with Crippen molar-refractivity contribution < 1.29 is 0 Å². The highest BCUT2D eigenvalue weighted by Crippen LogP contribution is 2.29. The zero-order valence-electron chi connectivity index (χ0n) is 11.3. The van der Waals surface area contributed by atoms with Crippen molar-refractivity contribution >= 4 is 40.1 Å². The van der Waals surface area contributed by atoms with E-state index in [9.17, 15) is 0 Å². The van der Waals surface area contributed by atoms with Crippen LogP contribution in [0.3, 0.4) is 0 Å². The Morgan fingerprint density at radius 1 is 1.19 bits per heavy atom. The van der Waals surface area contributed by atoms with Gasteiger partial charge in [-0.05, 0) is 24.6 Å². The van der Waals surface area contributed by atoms with Crippen LogP contribution in [0, 0.1) is 0 Å². The number of nitrogens with zero attached hydrogens (tertiary/aromatic N) is 4. The number of rotatable bonds is 4. The molecule has 5 nitrogen and oxygen atoms in total. The van der Waals surface area contributed by atoms with E-state index < -0.39 is 0 Å². The molecule has 0 unspecified atom stereocenters. The molecule has 7 heteroatoms. The van der Waals surface area contributed by atoms with Crippen molar-refractivity contribution in [3.63, 3.8) is 0 Å². The molecule has 0 aliphatic heterocycles. The Labute approximate surface area is 131 Å². The summed E-state index contributed by atoms with van der Waals surface area (Å²) >= 11 is 12.4. The van der Waals surface area contributed by atoms with E-state index in [-0.39, 0.29) is 0 Å². The Bertz CT molecular complexity index is 784. The lowest BCUT2D eigenvalue weighted by Crippen LogP contribution is -2.07. The van der Waals surface area contributed by atoms with Crippen LogP contribution in [0.1, 0.15) is 13.3 Å². The molecule has 0 spiro atoms. The third-order valence-corrected chi connectivity index (χ3v) is 3.57. The van der Waals surface area contributed by atoms with Crippen LogP contribution in [0.25, 0.3) is 16.9 Å². The summed E-state index contributed by atoms with van der Waals surface area (Å²) in [6.07, 6.45) is 0.974. The van der Waals surface area contributed by atoms with E-state index >= 15 is 0 Å². The summed E-state index contributed by atoms with van der Waals surface area (Å²) in [6, 6.07) is 9.30. The normalized spacial score (nSPS) is 11.0. The minimum absolute atomic E-state index is 0.428. The summed E-state index contributed by atoms with van der Waals surface area (Å²) in [6.45, 7) is 2.86. The van der Waals surface area contributed by atoms with Gasteiger partial charge in [0.05, 0.1) is 15.6 Å². The van der Waals surface area contributed by atoms with Gasteiger partial charge < -0.3 is 5.32 Å². The van der Waals surface area contributed by atoms with Crippen LogP contribution in [0.15, 0.2) is 30.3 Å². The van der Waals surface area contributed by atoms with E-state index in [1.165, 1.54) is 0 Å². The zero-order chi connectivity index (χ0) is 14.8. The number of aromatic nitrogens is 4. The fraction of sp³-hybridized carbons (Fsp3) is 0.214. The lowest BCUT2D eigenvalue weighted by Gasteiger charge is -2.10. The molecule has 0 radical (unpaired) electrons. The second-order valence-electron chi connectivity index (χ2n) is 4.54. The van der Waals surface area contributed by atoms with Crippen molar-refractivity contribution in [3.05, 3.63) is 40.4 Å². The molecule has 1 aromatic carbocycles. The molecule has 0 saturated carbocycles. The number of para-hydroxylation sites is 1. The highest BCUT2D eigenvalue weighted by Gasteiger charge is 2.14. The molecule has 0 saturated heterocycles. The highest BCUT2D eigenvalue weighted by molar-refractivity contribution is 6.36. The van der Waals surface area contributed by atoms with Crippen molar-refractivity contribution in [2.24, 2.45) is 0 Å².